The van der Waals surface area contributed by atoms with Crippen LogP contribution in [0.5, 0.6) is 17.2 Å². The highest BCUT2D eigenvalue weighted by Crippen LogP contribution is 2.40. The van der Waals surface area contributed by atoms with Crippen molar-refractivity contribution in [2.75, 3.05) is 33.2 Å². The first-order valence-electron chi connectivity index (χ1n) is 11.2. The molecule has 2 N–H and O–H groups in total. The van der Waals surface area contributed by atoms with Crippen molar-refractivity contribution in [3.05, 3.63) is 83.6 Å². The van der Waals surface area contributed by atoms with Gasteiger partial charge in [0.15, 0.2) is 0 Å². The van der Waals surface area contributed by atoms with Gasteiger partial charge < -0.3 is 29.4 Å². The molecule has 4 aromatic rings. The molecule has 34 heavy (non-hydrogen) atoms. The molecule has 0 unspecified atom stereocenters. The molecule has 1 atom stereocenters. The number of nitrogens with one attached hydrogen (secondary N) is 2. The van der Waals surface area contributed by atoms with Gasteiger partial charge in [-0.3, -0.25) is 0 Å². The fourth-order valence-corrected chi connectivity index (χ4v) is 4.62. The number of nitrogens with zero attached hydrogens (tertiary/aromatic N) is 1. The summed E-state index contributed by atoms with van der Waals surface area (Å²) in [7, 11) is 4.94. The SMILES string of the molecule is COc1ccc(NC(=O)N2CCc3c([nH]c4ccc(OC)cc34)[C@@H]2c2ccc(OC)cc2)cc1. The Morgan fingerprint density at radius 1 is 0.882 bits per heavy atom. The summed E-state index contributed by atoms with van der Waals surface area (Å²) in [6.45, 7) is 0.579. The van der Waals surface area contributed by atoms with Crippen LogP contribution in [0.3, 0.4) is 0 Å². The van der Waals surface area contributed by atoms with Crippen molar-refractivity contribution in [1.82, 2.24) is 9.88 Å². The number of amides is 2. The molecule has 0 aliphatic carbocycles. The zero-order valence-electron chi connectivity index (χ0n) is 19.4. The zero-order chi connectivity index (χ0) is 23.7. The predicted molar refractivity (Wildman–Crippen MR) is 132 cm³/mol. The number of urea groups is 1. The smallest absolute Gasteiger partial charge is 0.322 e. The number of ether oxygens (including phenoxy) is 3. The Balaban J connectivity index is 1.55. The van der Waals surface area contributed by atoms with Crippen LogP contribution < -0.4 is 19.5 Å². The Morgan fingerprint density at radius 3 is 2.15 bits per heavy atom. The molecule has 0 saturated heterocycles. The minimum Gasteiger partial charge on any atom is -0.497 e. The van der Waals surface area contributed by atoms with Gasteiger partial charge in [-0.1, -0.05) is 12.1 Å². The summed E-state index contributed by atoms with van der Waals surface area (Å²) >= 11 is 0. The highest BCUT2D eigenvalue weighted by molar-refractivity contribution is 5.92. The van der Waals surface area contributed by atoms with Crippen LogP contribution >= 0.6 is 0 Å². The molecule has 1 aromatic heterocycles. The molecule has 3 aromatic carbocycles. The number of hydrogen-bond acceptors (Lipinski definition) is 4. The molecule has 7 heteroatoms. The van der Waals surface area contributed by atoms with E-state index >= 15 is 0 Å². The number of aromatic amines is 1. The first kappa shape index (κ1) is 21.7. The number of aromatic nitrogens is 1. The Morgan fingerprint density at radius 2 is 1.50 bits per heavy atom. The minimum absolute atomic E-state index is 0.159. The number of carbonyl (C=O) groups is 1. The number of anilines is 1. The Bertz CT molecular complexity index is 1310. The normalized spacial score (nSPS) is 15.0. The van der Waals surface area contributed by atoms with Crippen molar-refractivity contribution in [1.29, 1.82) is 0 Å². The van der Waals surface area contributed by atoms with E-state index in [0.29, 0.717) is 12.2 Å². The number of benzene rings is 3. The lowest BCUT2D eigenvalue weighted by molar-refractivity contribution is 0.193. The van der Waals surface area contributed by atoms with Gasteiger partial charge in [-0.05, 0) is 72.1 Å². The van der Waals surface area contributed by atoms with E-state index < -0.39 is 0 Å². The van der Waals surface area contributed by atoms with Crippen molar-refractivity contribution >= 4 is 22.6 Å². The highest BCUT2D eigenvalue weighted by Gasteiger charge is 2.34. The lowest BCUT2D eigenvalue weighted by Gasteiger charge is -2.36. The zero-order valence-corrected chi connectivity index (χ0v) is 19.4. The van der Waals surface area contributed by atoms with Gasteiger partial charge in [-0.25, -0.2) is 4.79 Å². The van der Waals surface area contributed by atoms with E-state index in [-0.39, 0.29) is 12.1 Å². The molecule has 1 aliphatic rings. The van der Waals surface area contributed by atoms with Crippen molar-refractivity contribution < 1.29 is 19.0 Å². The van der Waals surface area contributed by atoms with E-state index in [4.69, 9.17) is 14.2 Å². The molecule has 0 fully saturated rings. The van der Waals surface area contributed by atoms with E-state index in [0.717, 1.165) is 45.8 Å². The second kappa shape index (κ2) is 9.02. The molecule has 0 radical (unpaired) electrons. The summed E-state index contributed by atoms with van der Waals surface area (Å²) in [5.74, 6) is 2.33. The van der Waals surface area contributed by atoms with E-state index in [2.05, 4.69) is 16.4 Å². The maximum Gasteiger partial charge on any atom is 0.322 e. The molecule has 174 valence electrons. The average Bonchev–Trinajstić information content (AvgIpc) is 3.26. The largest absolute Gasteiger partial charge is 0.497 e. The van der Waals surface area contributed by atoms with E-state index in [9.17, 15) is 4.79 Å². The Kier molecular flexibility index (Phi) is 5.76. The molecule has 0 bridgehead atoms. The molecular formula is C27H27N3O4. The third-order valence-corrected chi connectivity index (χ3v) is 6.37. The van der Waals surface area contributed by atoms with Crippen LogP contribution in [0.4, 0.5) is 10.5 Å². The summed E-state index contributed by atoms with van der Waals surface area (Å²) in [6.07, 6.45) is 0.741. The van der Waals surface area contributed by atoms with E-state index in [1.807, 2.05) is 65.6 Å². The van der Waals surface area contributed by atoms with Crippen molar-refractivity contribution in [3.8, 4) is 17.2 Å². The molecule has 5 rings (SSSR count). The Labute approximate surface area is 198 Å². The number of hydrogen-bond donors (Lipinski definition) is 2. The first-order chi connectivity index (χ1) is 16.6. The van der Waals surface area contributed by atoms with Gasteiger partial charge in [0.25, 0.3) is 0 Å². The highest BCUT2D eigenvalue weighted by atomic mass is 16.5. The van der Waals surface area contributed by atoms with Crippen molar-refractivity contribution in [2.45, 2.75) is 12.5 Å². The van der Waals surface area contributed by atoms with Crippen LogP contribution in [0.2, 0.25) is 0 Å². The number of H-pyrrole nitrogens is 1. The summed E-state index contributed by atoms with van der Waals surface area (Å²) in [4.78, 5) is 18.9. The maximum absolute atomic E-state index is 13.5. The topological polar surface area (TPSA) is 75.8 Å². The second-order valence-electron chi connectivity index (χ2n) is 8.21. The number of carbonyl (C=O) groups excluding carboxylic acids is 1. The second-order valence-corrected chi connectivity index (χ2v) is 8.21. The Hall–Kier alpha value is -4.13. The quantitative estimate of drug-likeness (QED) is 0.422. The van der Waals surface area contributed by atoms with Gasteiger partial charge >= 0.3 is 6.03 Å². The lowest BCUT2D eigenvalue weighted by atomic mass is 9.92. The van der Waals surface area contributed by atoms with E-state index in [1.54, 1.807) is 21.3 Å². The molecule has 0 spiro atoms. The van der Waals surface area contributed by atoms with Gasteiger partial charge in [0.05, 0.1) is 27.4 Å². The van der Waals surface area contributed by atoms with Gasteiger partial charge in [-0.15, -0.1) is 0 Å². The fourth-order valence-electron chi connectivity index (χ4n) is 4.62. The number of rotatable bonds is 5. The van der Waals surface area contributed by atoms with Crippen LogP contribution in [-0.2, 0) is 6.42 Å². The standard InChI is InChI=1S/C27H27N3O4/c1-32-19-8-4-17(5-9-19)26-25-22(23-16-21(34-3)12-13-24(23)29-25)14-15-30(26)27(31)28-18-6-10-20(33-2)11-7-18/h4-13,16,26,29H,14-15H2,1-3H3,(H,28,31)/t26-/m0/s1. The van der Waals surface area contributed by atoms with Crippen LogP contribution in [0, 0.1) is 0 Å². The molecule has 1 aliphatic heterocycles. The maximum atomic E-state index is 13.5. The molecule has 2 amide bonds. The van der Waals surface area contributed by atoms with Crippen LogP contribution in [0.15, 0.2) is 66.7 Å². The summed E-state index contributed by atoms with van der Waals surface area (Å²) in [5.41, 5.74) is 4.98. The molecule has 2 heterocycles. The third-order valence-electron chi connectivity index (χ3n) is 6.37. The molecule has 7 nitrogen and oxygen atoms in total. The fraction of sp³-hybridized carbons (Fsp3) is 0.222. The predicted octanol–water partition coefficient (Wildman–Crippen LogP) is 5.37. The van der Waals surface area contributed by atoms with Gasteiger partial charge in [0.2, 0.25) is 0 Å². The van der Waals surface area contributed by atoms with Crippen molar-refractivity contribution in [2.24, 2.45) is 0 Å². The number of fused-ring (bicyclic) bond motifs is 3. The molecular weight excluding hydrogens is 430 g/mol. The minimum atomic E-state index is -0.272. The summed E-state index contributed by atoms with van der Waals surface area (Å²) in [6, 6.07) is 20.8. The van der Waals surface area contributed by atoms with Gasteiger partial charge in [0, 0.05) is 28.8 Å². The van der Waals surface area contributed by atoms with Crippen LogP contribution in [0.1, 0.15) is 22.9 Å². The number of methoxy groups -OCH3 is 3. The monoisotopic (exact) mass is 457 g/mol. The van der Waals surface area contributed by atoms with Crippen molar-refractivity contribution in [3.63, 3.8) is 0 Å². The van der Waals surface area contributed by atoms with E-state index in [1.165, 1.54) is 5.56 Å². The third kappa shape index (κ3) is 3.90. The van der Waals surface area contributed by atoms with Gasteiger partial charge in [0.1, 0.15) is 17.2 Å². The van der Waals surface area contributed by atoms with Gasteiger partial charge in [-0.2, -0.15) is 0 Å². The average molecular weight is 458 g/mol. The lowest BCUT2D eigenvalue weighted by Crippen LogP contribution is -2.43. The van der Waals surface area contributed by atoms with Crippen LogP contribution in [0.25, 0.3) is 10.9 Å². The molecule has 0 saturated carbocycles. The summed E-state index contributed by atoms with van der Waals surface area (Å²) < 4.78 is 16.0. The van der Waals surface area contributed by atoms with Crippen LogP contribution in [-0.4, -0.2) is 43.8 Å². The first-order valence-corrected chi connectivity index (χ1v) is 11.2. The summed E-state index contributed by atoms with van der Waals surface area (Å²) in [5, 5.41) is 4.17.